The van der Waals surface area contributed by atoms with E-state index >= 15 is 0 Å². The Balaban J connectivity index is 1.55. The highest BCUT2D eigenvalue weighted by molar-refractivity contribution is 9.10. The molecule has 0 saturated carbocycles. The first-order valence-corrected chi connectivity index (χ1v) is 9.89. The van der Waals surface area contributed by atoms with Crippen molar-refractivity contribution in [2.24, 2.45) is 4.99 Å². The summed E-state index contributed by atoms with van der Waals surface area (Å²) in [5.41, 5.74) is 2.69. The second-order valence-electron chi connectivity index (χ2n) is 5.89. The molecule has 136 valence electrons. The molecule has 3 aromatic rings. The van der Waals surface area contributed by atoms with Crippen LogP contribution in [0.15, 0.2) is 62.8 Å². The van der Waals surface area contributed by atoms with Gasteiger partial charge in [-0.25, -0.2) is 0 Å². The van der Waals surface area contributed by atoms with Gasteiger partial charge in [0.1, 0.15) is 12.4 Å². The number of thiazole rings is 1. The van der Waals surface area contributed by atoms with Crippen molar-refractivity contribution in [3.63, 3.8) is 0 Å². The summed E-state index contributed by atoms with van der Waals surface area (Å²) in [4.78, 5) is 16.9. The molecule has 0 amide bonds. The van der Waals surface area contributed by atoms with Crippen LogP contribution in [0.3, 0.4) is 0 Å². The minimum atomic E-state index is -0.222. The highest BCUT2D eigenvalue weighted by Crippen LogP contribution is 2.36. The van der Waals surface area contributed by atoms with Gasteiger partial charge in [-0.1, -0.05) is 45.5 Å². The Morgan fingerprint density at radius 3 is 2.85 bits per heavy atom. The van der Waals surface area contributed by atoms with Crippen LogP contribution in [0.25, 0.3) is 11.6 Å². The van der Waals surface area contributed by atoms with Crippen LogP contribution in [0.1, 0.15) is 10.4 Å². The summed E-state index contributed by atoms with van der Waals surface area (Å²) >= 11 is 4.46. The Labute approximate surface area is 168 Å². The Hall–Kier alpha value is -2.64. The average Bonchev–Trinajstić information content (AvgIpc) is 3.18. The summed E-state index contributed by atoms with van der Waals surface area (Å²) in [5.74, 6) is 0.679. The number of rotatable bonds is 5. The summed E-state index contributed by atoms with van der Waals surface area (Å²) < 4.78 is 7.89. The van der Waals surface area contributed by atoms with Gasteiger partial charge in [-0.15, -0.1) is 0 Å². The molecule has 4 rings (SSSR count). The minimum Gasteiger partial charge on any atom is -0.493 e. The molecule has 0 bridgehead atoms. The summed E-state index contributed by atoms with van der Waals surface area (Å²) in [6, 6.07) is 15.2. The monoisotopic (exact) mass is 442 g/mol. The molecule has 1 N–H and O–H groups in total. The molecule has 1 aliphatic heterocycles. The summed E-state index contributed by atoms with van der Waals surface area (Å²) in [7, 11) is 0. The van der Waals surface area contributed by atoms with Gasteiger partial charge in [-0.2, -0.15) is 0 Å². The van der Waals surface area contributed by atoms with Gasteiger partial charge in [-0.3, -0.25) is 14.4 Å². The Kier molecular flexibility index (Phi) is 4.96. The third kappa shape index (κ3) is 3.74. The number of aliphatic imine (C=N–C) groups is 1. The highest BCUT2D eigenvalue weighted by atomic mass is 79.9. The van der Waals surface area contributed by atoms with Gasteiger partial charge < -0.3 is 9.84 Å². The van der Waals surface area contributed by atoms with Crippen molar-refractivity contribution < 1.29 is 9.84 Å². The van der Waals surface area contributed by atoms with Crippen LogP contribution in [-0.4, -0.2) is 22.5 Å². The van der Waals surface area contributed by atoms with Crippen molar-refractivity contribution in [1.82, 2.24) is 4.57 Å². The van der Waals surface area contributed by atoms with E-state index in [-0.39, 0.29) is 17.3 Å². The smallest absolute Gasteiger partial charge is 0.310 e. The van der Waals surface area contributed by atoms with E-state index in [1.807, 2.05) is 48.5 Å². The summed E-state index contributed by atoms with van der Waals surface area (Å²) in [6.45, 7) is 0.566. The molecule has 0 aliphatic carbocycles. The molecule has 0 radical (unpaired) electrons. The molecule has 2 heterocycles. The highest BCUT2D eigenvalue weighted by Gasteiger charge is 2.17. The fourth-order valence-corrected chi connectivity index (χ4v) is 4.02. The summed E-state index contributed by atoms with van der Waals surface area (Å²) in [5, 5.41) is 10.5. The van der Waals surface area contributed by atoms with Gasteiger partial charge in [0.2, 0.25) is 5.88 Å². The number of halogens is 1. The van der Waals surface area contributed by atoms with E-state index in [2.05, 4.69) is 20.9 Å². The molecule has 0 spiro atoms. The van der Waals surface area contributed by atoms with E-state index in [1.54, 1.807) is 12.3 Å². The predicted octanol–water partition coefficient (Wildman–Crippen LogP) is 4.71. The molecule has 1 aliphatic rings. The molecular weight excluding hydrogens is 428 g/mol. The van der Waals surface area contributed by atoms with Gasteiger partial charge in [0, 0.05) is 21.8 Å². The lowest BCUT2D eigenvalue weighted by Crippen LogP contribution is -2.17. The summed E-state index contributed by atoms with van der Waals surface area (Å²) in [6.07, 6.45) is 3.53. The van der Waals surface area contributed by atoms with Crippen LogP contribution in [0, 0.1) is 0 Å². The molecule has 0 fully saturated rings. The zero-order chi connectivity index (χ0) is 18.8. The Morgan fingerprint density at radius 2 is 2.04 bits per heavy atom. The Bertz CT molecular complexity index is 1100. The lowest BCUT2D eigenvalue weighted by molar-refractivity contribution is 0.286. The van der Waals surface area contributed by atoms with Crippen molar-refractivity contribution in [2.75, 3.05) is 6.61 Å². The van der Waals surface area contributed by atoms with Crippen LogP contribution in [-0.2, 0) is 6.54 Å². The van der Waals surface area contributed by atoms with E-state index in [1.165, 1.54) is 4.57 Å². The third-order valence-electron chi connectivity index (χ3n) is 4.12. The standard InChI is InChI=1S/C20H15BrN2O3S/c21-14-6-7-17-16(11-14)13(12-22-17)10-18-19(24)23(20(25)27-18)8-9-26-15-4-2-1-3-5-15/h1-7,10-12,24H,8-9H2/b13-10-. The van der Waals surface area contributed by atoms with Gasteiger partial charge in [0.15, 0.2) is 0 Å². The zero-order valence-electron chi connectivity index (χ0n) is 14.1. The zero-order valence-corrected chi connectivity index (χ0v) is 16.5. The van der Waals surface area contributed by atoms with Crippen LogP contribution in [0.4, 0.5) is 5.69 Å². The SMILES string of the molecule is O=c1sc(/C=C2/C=Nc3ccc(Br)cc32)c(O)n1CCOc1ccccc1. The molecule has 1 aromatic heterocycles. The molecule has 0 atom stereocenters. The average molecular weight is 443 g/mol. The van der Waals surface area contributed by atoms with Gasteiger partial charge >= 0.3 is 4.87 Å². The normalized spacial score (nSPS) is 13.9. The van der Waals surface area contributed by atoms with E-state index in [9.17, 15) is 9.90 Å². The number of allylic oxidation sites excluding steroid dienone is 1. The van der Waals surface area contributed by atoms with Crippen LogP contribution in [0.5, 0.6) is 11.6 Å². The lowest BCUT2D eigenvalue weighted by atomic mass is 10.1. The molecule has 27 heavy (non-hydrogen) atoms. The van der Waals surface area contributed by atoms with Crippen molar-refractivity contribution in [3.05, 3.63) is 73.1 Å². The van der Waals surface area contributed by atoms with E-state index in [0.717, 1.165) is 38.4 Å². The largest absolute Gasteiger partial charge is 0.493 e. The molecule has 0 saturated heterocycles. The minimum absolute atomic E-state index is 0.0500. The van der Waals surface area contributed by atoms with Gasteiger partial charge in [-0.05, 0) is 36.4 Å². The fourth-order valence-electron chi connectivity index (χ4n) is 2.79. The van der Waals surface area contributed by atoms with E-state index in [0.29, 0.717) is 11.5 Å². The van der Waals surface area contributed by atoms with Crippen molar-refractivity contribution in [3.8, 4) is 11.6 Å². The number of benzene rings is 2. The van der Waals surface area contributed by atoms with Crippen LogP contribution >= 0.6 is 27.3 Å². The maximum atomic E-state index is 12.3. The van der Waals surface area contributed by atoms with Gasteiger partial charge in [0.25, 0.3) is 0 Å². The fraction of sp³-hybridized carbons (Fsp3) is 0.100. The van der Waals surface area contributed by atoms with E-state index in [4.69, 9.17) is 4.74 Å². The number of fused-ring (bicyclic) bond motifs is 1. The molecule has 2 aromatic carbocycles. The van der Waals surface area contributed by atoms with Gasteiger partial charge in [0.05, 0.1) is 17.1 Å². The Morgan fingerprint density at radius 1 is 1.22 bits per heavy atom. The first-order valence-electron chi connectivity index (χ1n) is 8.28. The number of aromatic hydroxyl groups is 1. The number of aromatic nitrogens is 1. The van der Waals surface area contributed by atoms with Crippen molar-refractivity contribution in [2.45, 2.75) is 6.54 Å². The van der Waals surface area contributed by atoms with Crippen LogP contribution in [0.2, 0.25) is 0 Å². The van der Waals surface area contributed by atoms with Crippen molar-refractivity contribution in [1.29, 1.82) is 0 Å². The predicted molar refractivity (Wildman–Crippen MR) is 112 cm³/mol. The third-order valence-corrected chi connectivity index (χ3v) is 5.53. The number of hydrogen-bond acceptors (Lipinski definition) is 5. The second-order valence-corrected chi connectivity index (χ2v) is 7.80. The molecule has 7 heteroatoms. The number of ether oxygens (including phenoxy) is 1. The first kappa shape index (κ1) is 17.8. The number of hydrogen-bond donors (Lipinski definition) is 1. The lowest BCUT2D eigenvalue weighted by Gasteiger charge is -2.07. The van der Waals surface area contributed by atoms with Crippen LogP contribution < -0.4 is 9.61 Å². The van der Waals surface area contributed by atoms with Crippen molar-refractivity contribution >= 4 is 50.8 Å². The molecular formula is C20H15BrN2O3S. The number of para-hydroxylation sites is 1. The maximum absolute atomic E-state index is 12.3. The number of nitrogens with zero attached hydrogens (tertiary/aromatic N) is 2. The first-order chi connectivity index (χ1) is 13.1. The maximum Gasteiger partial charge on any atom is 0.310 e. The second kappa shape index (κ2) is 7.54. The van der Waals surface area contributed by atoms with E-state index < -0.39 is 0 Å². The molecule has 5 nitrogen and oxygen atoms in total. The quantitative estimate of drug-likeness (QED) is 0.621. The molecule has 0 unspecified atom stereocenters. The topological polar surface area (TPSA) is 63.8 Å².